The van der Waals surface area contributed by atoms with Crippen molar-refractivity contribution in [2.45, 2.75) is 25.8 Å². The molecular weight excluding hydrogens is 434 g/mol. The molecule has 162 valence electrons. The molecule has 2 aromatic rings. The fraction of sp³-hybridized carbons (Fsp3) is 0.217. The lowest BCUT2D eigenvalue weighted by Gasteiger charge is -2.37. The van der Waals surface area contributed by atoms with E-state index in [-0.39, 0.29) is 29.3 Å². The van der Waals surface area contributed by atoms with Gasteiger partial charge in [-0.2, -0.15) is 10.5 Å². The number of thiocarbonyl (C=S) groups is 1. The van der Waals surface area contributed by atoms with Crippen LogP contribution < -0.4 is 10.2 Å². The molecule has 0 bridgehead atoms. The maximum absolute atomic E-state index is 13.2. The smallest absolute Gasteiger partial charge is 0.338 e. The van der Waals surface area contributed by atoms with Crippen molar-refractivity contribution in [2.75, 3.05) is 11.5 Å². The molecule has 0 saturated carbocycles. The summed E-state index contributed by atoms with van der Waals surface area (Å²) in [5, 5.41) is 21.1. The second-order valence-corrected chi connectivity index (χ2v) is 7.28. The van der Waals surface area contributed by atoms with E-state index in [1.165, 1.54) is 23.1 Å². The highest BCUT2D eigenvalue weighted by Crippen LogP contribution is 2.35. The SMILES string of the molecule is CC1=C(C(=O)OCCC#N)C(c2ccc(C#N)cc2)NC(=S)N1c1cccc(C(F)F)c1. The number of hydrogen-bond acceptors (Lipinski definition) is 5. The van der Waals surface area contributed by atoms with Crippen molar-refractivity contribution in [3.8, 4) is 12.1 Å². The van der Waals surface area contributed by atoms with Crippen LogP contribution in [0.2, 0.25) is 0 Å². The highest BCUT2D eigenvalue weighted by molar-refractivity contribution is 7.80. The molecule has 0 aromatic heterocycles. The largest absolute Gasteiger partial charge is 0.461 e. The first-order valence-electron chi connectivity index (χ1n) is 9.61. The Morgan fingerprint density at radius 3 is 2.59 bits per heavy atom. The van der Waals surface area contributed by atoms with E-state index in [4.69, 9.17) is 27.5 Å². The number of halogens is 2. The number of alkyl halides is 2. The number of esters is 1. The van der Waals surface area contributed by atoms with Gasteiger partial charge in [0.2, 0.25) is 0 Å². The zero-order valence-electron chi connectivity index (χ0n) is 17.0. The Morgan fingerprint density at radius 1 is 1.25 bits per heavy atom. The number of carbonyl (C=O) groups is 1. The molecule has 2 aromatic carbocycles. The standard InChI is InChI=1S/C23H18F2N4O2S/c1-14-19(22(30)31-11-3-10-26)20(16-8-6-15(13-27)7-9-16)28-23(32)29(14)18-5-2-4-17(12-18)21(24)25/h2,4-9,12,20-21H,3,11H2,1H3,(H,28,32). The third-order valence-corrected chi connectivity index (χ3v) is 5.21. The summed E-state index contributed by atoms with van der Waals surface area (Å²) >= 11 is 5.51. The third-order valence-electron chi connectivity index (χ3n) is 4.91. The molecule has 6 nitrogen and oxygen atoms in total. The molecule has 9 heteroatoms. The summed E-state index contributed by atoms with van der Waals surface area (Å²) in [5.41, 5.74) is 1.96. The zero-order chi connectivity index (χ0) is 23.3. The molecule has 0 fully saturated rings. The number of ether oxygens (including phenoxy) is 1. The van der Waals surface area contributed by atoms with Gasteiger partial charge in [0, 0.05) is 16.9 Å². The van der Waals surface area contributed by atoms with Gasteiger partial charge < -0.3 is 10.1 Å². The molecule has 1 heterocycles. The van der Waals surface area contributed by atoms with Crippen molar-refractivity contribution in [3.05, 3.63) is 76.5 Å². The normalized spacial score (nSPS) is 15.8. The van der Waals surface area contributed by atoms with Crippen LogP contribution in [0.5, 0.6) is 0 Å². The molecule has 0 amide bonds. The Labute approximate surface area is 189 Å². The van der Waals surface area contributed by atoms with Gasteiger partial charge in [0.15, 0.2) is 5.11 Å². The maximum Gasteiger partial charge on any atom is 0.338 e. The quantitative estimate of drug-likeness (QED) is 0.387. The van der Waals surface area contributed by atoms with Crippen LogP contribution >= 0.6 is 12.2 Å². The molecule has 3 rings (SSSR count). The van der Waals surface area contributed by atoms with E-state index in [0.29, 0.717) is 22.5 Å². The Balaban J connectivity index is 2.09. The van der Waals surface area contributed by atoms with Gasteiger partial charge in [-0.3, -0.25) is 4.90 Å². The number of allylic oxidation sites excluding steroid dienone is 1. The lowest BCUT2D eigenvalue weighted by atomic mass is 9.94. The van der Waals surface area contributed by atoms with Gasteiger partial charge in [-0.1, -0.05) is 24.3 Å². The average Bonchev–Trinajstić information content (AvgIpc) is 2.79. The van der Waals surface area contributed by atoms with Crippen molar-refractivity contribution in [3.63, 3.8) is 0 Å². The molecular formula is C23H18F2N4O2S. The second kappa shape index (κ2) is 9.99. The van der Waals surface area contributed by atoms with Gasteiger partial charge in [0.25, 0.3) is 6.43 Å². The van der Waals surface area contributed by atoms with Gasteiger partial charge in [-0.05, 0) is 49.0 Å². The van der Waals surface area contributed by atoms with Crippen molar-refractivity contribution in [2.24, 2.45) is 0 Å². The van der Waals surface area contributed by atoms with Gasteiger partial charge in [-0.15, -0.1) is 0 Å². The Hall–Kier alpha value is -3.82. The number of hydrogen-bond donors (Lipinski definition) is 1. The van der Waals surface area contributed by atoms with E-state index in [1.54, 1.807) is 37.3 Å². The summed E-state index contributed by atoms with van der Waals surface area (Å²) in [6, 6.07) is 15.6. The summed E-state index contributed by atoms with van der Waals surface area (Å²) < 4.78 is 31.7. The lowest BCUT2D eigenvalue weighted by Crippen LogP contribution is -2.48. The van der Waals surface area contributed by atoms with E-state index in [9.17, 15) is 13.6 Å². The van der Waals surface area contributed by atoms with E-state index in [1.807, 2.05) is 12.1 Å². The molecule has 1 atom stereocenters. The van der Waals surface area contributed by atoms with Crippen LogP contribution in [0.15, 0.2) is 59.8 Å². The monoisotopic (exact) mass is 452 g/mol. The number of nitriles is 2. The fourth-order valence-corrected chi connectivity index (χ4v) is 3.75. The predicted octanol–water partition coefficient (Wildman–Crippen LogP) is 4.66. The first-order chi connectivity index (χ1) is 15.4. The van der Waals surface area contributed by atoms with Gasteiger partial charge >= 0.3 is 5.97 Å². The molecule has 32 heavy (non-hydrogen) atoms. The van der Waals surface area contributed by atoms with Crippen molar-refractivity contribution in [1.82, 2.24) is 5.32 Å². The van der Waals surface area contributed by atoms with Crippen LogP contribution in [0.3, 0.4) is 0 Å². The molecule has 1 aliphatic rings. The van der Waals surface area contributed by atoms with Crippen LogP contribution in [-0.2, 0) is 9.53 Å². The zero-order valence-corrected chi connectivity index (χ0v) is 17.8. The van der Waals surface area contributed by atoms with Gasteiger partial charge in [0.05, 0.1) is 35.7 Å². The van der Waals surface area contributed by atoms with Crippen LogP contribution in [0, 0.1) is 22.7 Å². The molecule has 0 saturated heterocycles. The predicted molar refractivity (Wildman–Crippen MR) is 117 cm³/mol. The maximum atomic E-state index is 13.2. The van der Waals surface area contributed by atoms with E-state index < -0.39 is 18.4 Å². The van der Waals surface area contributed by atoms with E-state index in [2.05, 4.69) is 5.32 Å². The summed E-state index contributed by atoms with van der Waals surface area (Å²) in [7, 11) is 0. The minimum atomic E-state index is -2.66. The number of nitrogens with one attached hydrogen (secondary N) is 1. The summed E-state index contributed by atoms with van der Waals surface area (Å²) in [4.78, 5) is 14.5. The minimum absolute atomic E-state index is 0.0333. The third kappa shape index (κ3) is 4.74. The molecule has 0 radical (unpaired) electrons. The number of benzene rings is 2. The van der Waals surface area contributed by atoms with Gasteiger partial charge in [0.1, 0.15) is 6.61 Å². The number of anilines is 1. The van der Waals surface area contributed by atoms with E-state index in [0.717, 1.165) is 0 Å². The van der Waals surface area contributed by atoms with Crippen LogP contribution in [0.1, 0.15) is 42.5 Å². The first-order valence-corrected chi connectivity index (χ1v) is 10.0. The topological polar surface area (TPSA) is 89.1 Å². The van der Waals surface area contributed by atoms with E-state index >= 15 is 0 Å². The highest BCUT2D eigenvalue weighted by atomic mass is 32.1. The number of carbonyl (C=O) groups excluding carboxylic acids is 1. The fourth-order valence-electron chi connectivity index (χ4n) is 3.39. The summed E-state index contributed by atoms with van der Waals surface area (Å²) in [6.45, 7) is 1.57. The van der Waals surface area contributed by atoms with Crippen molar-refractivity contribution >= 4 is 29.0 Å². The Kier molecular flexibility index (Phi) is 7.14. The summed E-state index contributed by atoms with van der Waals surface area (Å²) in [5.74, 6) is -0.655. The Bertz CT molecular complexity index is 1150. The molecule has 0 aliphatic carbocycles. The first kappa shape index (κ1) is 22.9. The summed E-state index contributed by atoms with van der Waals surface area (Å²) in [6.07, 6.45) is -2.63. The molecule has 0 spiro atoms. The lowest BCUT2D eigenvalue weighted by molar-refractivity contribution is -0.139. The highest BCUT2D eigenvalue weighted by Gasteiger charge is 2.35. The Morgan fingerprint density at radius 2 is 1.97 bits per heavy atom. The minimum Gasteiger partial charge on any atom is -0.461 e. The average molecular weight is 452 g/mol. The van der Waals surface area contributed by atoms with Crippen molar-refractivity contribution < 1.29 is 18.3 Å². The molecule has 1 aliphatic heterocycles. The molecule has 1 unspecified atom stereocenters. The van der Waals surface area contributed by atoms with Crippen LogP contribution in [0.25, 0.3) is 0 Å². The number of rotatable bonds is 6. The van der Waals surface area contributed by atoms with Gasteiger partial charge in [-0.25, -0.2) is 13.6 Å². The second-order valence-electron chi connectivity index (χ2n) is 6.89. The van der Waals surface area contributed by atoms with Crippen molar-refractivity contribution in [1.29, 1.82) is 10.5 Å². The van der Waals surface area contributed by atoms with Crippen LogP contribution in [0.4, 0.5) is 14.5 Å². The molecule has 1 N–H and O–H groups in total. The number of nitrogens with zero attached hydrogens (tertiary/aromatic N) is 3. The van der Waals surface area contributed by atoms with Crippen LogP contribution in [-0.4, -0.2) is 17.7 Å².